The molecule has 0 bridgehead atoms. The van der Waals surface area contributed by atoms with Crippen molar-refractivity contribution in [2.75, 3.05) is 23.4 Å². The Labute approximate surface area is 141 Å². The SMILES string of the molecule is CCCc1cc(N2CCCC2CO)nc(Nc2ccc(F)cc2)n1. The molecular formula is C18H23FN4O. The number of aliphatic hydroxyl groups excluding tert-OH is 1. The van der Waals surface area contributed by atoms with Gasteiger partial charge in [0, 0.05) is 24.0 Å². The molecule has 24 heavy (non-hydrogen) atoms. The lowest BCUT2D eigenvalue weighted by Gasteiger charge is -2.25. The van der Waals surface area contributed by atoms with E-state index in [-0.39, 0.29) is 18.5 Å². The van der Waals surface area contributed by atoms with Gasteiger partial charge in [-0.2, -0.15) is 4.98 Å². The van der Waals surface area contributed by atoms with Gasteiger partial charge in [0.2, 0.25) is 5.95 Å². The van der Waals surface area contributed by atoms with E-state index in [0.29, 0.717) is 5.95 Å². The molecular weight excluding hydrogens is 307 g/mol. The third-order valence-electron chi connectivity index (χ3n) is 4.25. The van der Waals surface area contributed by atoms with Crippen LogP contribution in [0.3, 0.4) is 0 Å². The van der Waals surface area contributed by atoms with Crippen LogP contribution in [-0.4, -0.2) is 34.3 Å². The standard InChI is InChI=1S/C18H23FN4O/c1-2-4-15-11-17(23-10-3-5-16(23)12-24)22-18(21-15)20-14-8-6-13(19)7-9-14/h6-9,11,16,24H,2-5,10,12H2,1H3,(H,20,21,22). The Hall–Kier alpha value is -2.21. The first-order valence-electron chi connectivity index (χ1n) is 8.47. The number of benzene rings is 1. The minimum atomic E-state index is -0.273. The van der Waals surface area contributed by atoms with Crippen molar-refractivity contribution in [2.24, 2.45) is 0 Å². The molecule has 0 spiro atoms. The van der Waals surface area contributed by atoms with Gasteiger partial charge in [-0.05, 0) is 43.5 Å². The molecule has 1 saturated heterocycles. The Kier molecular flexibility index (Phi) is 5.25. The molecule has 0 saturated carbocycles. The van der Waals surface area contributed by atoms with E-state index in [2.05, 4.69) is 27.1 Å². The summed E-state index contributed by atoms with van der Waals surface area (Å²) in [5.74, 6) is 1.07. The van der Waals surface area contributed by atoms with E-state index in [9.17, 15) is 9.50 Å². The van der Waals surface area contributed by atoms with Crippen LogP contribution in [0.2, 0.25) is 0 Å². The first-order chi connectivity index (χ1) is 11.7. The molecule has 0 aliphatic carbocycles. The first kappa shape index (κ1) is 16.6. The summed E-state index contributed by atoms with van der Waals surface area (Å²) in [7, 11) is 0. The summed E-state index contributed by atoms with van der Waals surface area (Å²) in [4.78, 5) is 11.3. The molecule has 1 aromatic heterocycles. The van der Waals surface area contributed by atoms with Crippen molar-refractivity contribution < 1.29 is 9.50 Å². The highest BCUT2D eigenvalue weighted by molar-refractivity contribution is 5.56. The number of hydrogen-bond donors (Lipinski definition) is 2. The quantitative estimate of drug-likeness (QED) is 0.851. The summed E-state index contributed by atoms with van der Waals surface area (Å²) in [6.45, 7) is 3.14. The van der Waals surface area contributed by atoms with Crippen molar-refractivity contribution >= 4 is 17.5 Å². The summed E-state index contributed by atoms with van der Waals surface area (Å²) >= 11 is 0. The number of hydrogen-bond acceptors (Lipinski definition) is 5. The molecule has 2 heterocycles. The maximum atomic E-state index is 13.1. The summed E-state index contributed by atoms with van der Waals surface area (Å²) in [5, 5.41) is 12.7. The Morgan fingerprint density at radius 1 is 1.29 bits per heavy atom. The molecule has 6 heteroatoms. The molecule has 1 unspecified atom stereocenters. The second-order valence-electron chi connectivity index (χ2n) is 6.10. The molecule has 0 amide bonds. The molecule has 0 radical (unpaired) electrons. The van der Waals surface area contributed by atoms with Crippen molar-refractivity contribution in [3.63, 3.8) is 0 Å². The Bertz CT molecular complexity index is 677. The maximum absolute atomic E-state index is 13.1. The van der Waals surface area contributed by atoms with Crippen LogP contribution in [0.25, 0.3) is 0 Å². The molecule has 128 valence electrons. The predicted molar refractivity (Wildman–Crippen MR) is 93.2 cm³/mol. The van der Waals surface area contributed by atoms with Gasteiger partial charge >= 0.3 is 0 Å². The van der Waals surface area contributed by atoms with Gasteiger partial charge in [0.15, 0.2) is 0 Å². The second kappa shape index (κ2) is 7.57. The topological polar surface area (TPSA) is 61.3 Å². The van der Waals surface area contributed by atoms with E-state index < -0.39 is 0 Å². The van der Waals surface area contributed by atoms with Crippen molar-refractivity contribution in [2.45, 2.75) is 38.6 Å². The highest BCUT2D eigenvalue weighted by Gasteiger charge is 2.25. The number of aliphatic hydroxyl groups is 1. The van der Waals surface area contributed by atoms with Gasteiger partial charge in [-0.3, -0.25) is 0 Å². The van der Waals surface area contributed by atoms with Gasteiger partial charge in [0.1, 0.15) is 11.6 Å². The molecule has 1 atom stereocenters. The molecule has 1 aliphatic heterocycles. The fraction of sp³-hybridized carbons (Fsp3) is 0.444. The number of aryl methyl sites for hydroxylation is 1. The van der Waals surface area contributed by atoms with Crippen LogP contribution in [0.15, 0.2) is 30.3 Å². The fourth-order valence-corrected chi connectivity index (χ4v) is 3.06. The van der Waals surface area contributed by atoms with Crippen molar-refractivity contribution in [3.8, 4) is 0 Å². The summed E-state index contributed by atoms with van der Waals surface area (Å²) in [6.07, 6.45) is 3.89. The summed E-state index contributed by atoms with van der Waals surface area (Å²) in [6, 6.07) is 8.26. The van der Waals surface area contributed by atoms with Gasteiger partial charge in [-0.25, -0.2) is 9.37 Å². The van der Waals surface area contributed by atoms with Crippen molar-refractivity contribution in [1.29, 1.82) is 0 Å². The van der Waals surface area contributed by atoms with Gasteiger partial charge in [-0.1, -0.05) is 13.3 Å². The van der Waals surface area contributed by atoms with Crippen LogP contribution in [0.5, 0.6) is 0 Å². The number of aromatic nitrogens is 2. The highest BCUT2D eigenvalue weighted by Crippen LogP contribution is 2.26. The van der Waals surface area contributed by atoms with E-state index in [1.165, 1.54) is 12.1 Å². The second-order valence-corrected chi connectivity index (χ2v) is 6.10. The average Bonchev–Trinajstić information content (AvgIpc) is 3.06. The number of rotatable bonds is 6. The third-order valence-corrected chi connectivity index (χ3v) is 4.25. The Morgan fingerprint density at radius 3 is 2.79 bits per heavy atom. The smallest absolute Gasteiger partial charge is 0.229 e. The number of nitrogens with one attached hydrogen (secondary N) is 1. The average molecular weight is 330 g/mol. The van der Waals surface area contributed by atoms with Crippen LogP contribution in [-0.2, 0) is 6.42 Å². The molecule has 5 nitrogen and oxygen atoms in total. The number of anilines is 3. The van der Waals surface area contributed by atoms with Crippen LogP contribution in [0.4, 0.5) is 21.8 Å². The summed E-state index contributed by atoms with van der Waals surface area (Å²) in [5.41, 5.74) is 1.71. The fourth-order valence-electron chi connectivity index (χ4n) is 3.06. The van der Waals surface area contributed by atoms with E-state index in [1.54, 1.807) is 12.1 Å². The minimum absolute atomic E-state index is 0.119. The van der Waals surface area contributed by atoms with Gasteiger partial charge in [-0.15, -0.1) is 0 Å². The first-order valence-corrected chi connectivity index (χ1v) is 8.47. The third kappa shape index (κ3) is 3.82. The normalized spacial score (nSPS) is 17.3. The molecule has 3 rings (SSSR count). The van der Waals surface area contributed by atoms with Gasteiger partial charge < -0.3 is 15.3 Å². The lowest BCUT2D eigenvalue weighted by Crippen LogP contribution is -2.33. The Morgan fingerprint density at radius 2 is 2.08 bits per heavy atom. The zero-order chi connectivity index (χ0) is 16.9. The summed E-state index contributed by atoms with van der Waals surface area (Å²) < 4.78 is 13.1. The van der Waals surface area contributed by atoms with Crippen LogP contribution in [0, 0.1) is 5.82 Å². The van der Waals surface area contributed by atoms with Crippen LogP contribution < -0.4 is 10.2 Å². The van der Waals surface area contributed by atoms with Crippen molar-refractivity contribution in [1.82, 2.24) is 9.97 Å². The van der Waals surface area contributed by atoms with E-state index in [0.717, 1.165) is 49.4 Å². The van der Waals surface area contributed by atoms with Gasteiger partial charge in [0.25, 0.3) is 0 Å². The van der Waals surface area contributed by atoms with Crippen molar-refractivity contribution in [3.05, 3.63) is 41.8 Å². The van der Waals surface area contributed by atoms with E-state index >= 15 is 0 Å². The Balaban J connectivity index is 1.89. The molecule has 2 aromatic rings. The van der Waals surface area contributed by atoms with E-state index in [4.69, 9.17) is 0 Å². The zero-order valence-corrected chi connectivity index (χ0v) is 13.9. The molecule has 2 N–H and O–H groups in total. The maximum Gasteiger partial charge on any atom is 0.229 e. The van der Waals surface area contributed by atoms with Crippen LogP contribution in [0.1, 0.15) is 31.9 Å². The predicted octanol–water partition coefficient (Wildman–Crippen LogP) is 3.27. The minimum Gasteiger partial charge on any atom is -0.394 e. The lowest BCUT2D eigenvalue weighted by molar-refractivity contribution is 0.266. The molecule has 1 aliphatic rings. The molecule has 1 fully saturated rings. The van der Waals surface area contributed by atoms with E-state index in [1.807, 2.05) is 6.07 Å². The monoisotopic (exact) mass is 330 g/mol. The highest BCUT2D eigenvalue weighted by atomic mass is 19.1. The van der Waals surface area contributed by atoms with Crippen LogP contribution >= 0.6 is 0 Å². The number of nitrogens with zero attached hydrogens (tertiary/aromatic N) is 3. The van der Waals surface area contributed by atoms with Gasteiger partial charge in [0.05, 0.1) is 12.6 Å². The molecule has 1 aromatic carbocycles. The number of halogens is 1. The largest absolute Gasteiger partial charge is 0.394 e. The lowest BCUT2D eigenvalue weighted by atomic mass is 10.2. The zero-order valence-electron chi connectivity index (χ0n) is 13.9.